The number of carboxylic acids is 1. The maximum atomic E-state index is 14.3. The van der Waals surface area contributed by atoms with E-state index in [1.807, 2.05) is 37.3 Å². The topological polar surface area (TPSA) is 77.3 Å². The molecule has 0 fully saturated rings. The second-order valence-electron chi connectivity index (χ2n) is 6.35. The zero-order chi connectivity index (χ0) is 20.1. The van der Waals surface area contributed by atoms with Crippen LogP contribution in [0.15, 0.2) is 47.6 Å². The summed E-state index contributed by atoms with van der Waals surface area (Å²) in [6.07, 6.45) is -0.301. The summed E-state index contributed by atoms with van der Waals surface area (Å²) in [6.45, 7) is 1.02. The van der Waals surface area contributed by atoms with E-state index in [1.54, 1.807) is 0 Å². The predicted molar refractivity (Wildman–Crippen MR) is 96.2 cm³/mol. The standard InChI is InChI=1S/C20H19F2NO5/c1-12-15(19(23-28-12)14-5-3-2-4-6-14)10-27-20-16(21)7-13(8-17(20)22)9-26-11-18(24)25/h2-8,12,15H,9-11H2,1H3,(H,24,25). The fourth-order valence-electron chi connectivity index (χ4n) is 2.86. The van der Waals surface area contributed by atoms with Crippen molar-refractivity contribution in [3.05, 3.63) is 65.2 Å². The summed E-state index contributed by atoms with van der Waals surface area (Å²) in [4.78, 5) is 15.8. The number of nitrogens with zero attached hydrogens (tertiary/aromatic N) is 1. The van der Waals surface area contributed by atoms with Gasteiger partial charge < -0.3 is 19.4 Å². The largest absolute Gasteiger partial charge is 0.487 e. The van der Waals surface area contributed by atoms with Gasteiger partial charge in [0.05, 0.1) is 18.2 Å². The fourth-order valence-corrected chi connectivity index (χ4v) is 2.86. The highest BCUT2D eigenvalue weighted by atomic mass is 19.1. The van der Waals surface area contributed by atoms with Crippen molar-refractivity contribution in [1.82, 2.24) is 0 Å². The first-order chi connectivity index (χ1) is 13.5. The van der Waals surface area contributed by atoms with Crippen LogP contribution >= 0.6 is 0 Å². The van der Waals surface area contributed by atoms with Gasteiger partial charge in [-0.2, -0.15) is 0 Å². The van der Waals surface area contributed by atoms with E-state index in [9.17, 15) is 13.6 Å². The average molecular weight is 391 g/mol. The molecule has 0 saturated heterocycles. The Morgan fingerprint density at radius 1 is 1.21 bits per heavy atom. The van der Waals surface area contributed by atoms with E-state index in [1.165, 1.54) is 0 Å². The molecule has 0 amide bonds. The van der Waals surface area contributed by atoms with Gasteiger partial charge in [-0.1, -0.05) is 35.5 Å². The van der Waals surface area contributed by atoms with Crippen molar-refractivity contribution in [2.75, 3.05) is 13.2 Å². The van der Waals surface area contributed by atoms with Crippen molar-refractivity contribution >= 4 is 11.7 Å². The van der Waals surface area contributed by atoms with Crippen LogP contribution in [0.1, 0.15) is 18.1 Å². The molecule has 0 spiro atoms. The normalized spacial score (nSPS) is 18.5. The van der Waals surface area contributed by atoms with Gasteiger partial charge in [-0.15, -0.1) is 0 Å². The first kappa shape index (κ1) is 19.8. The number of carboxylic acid groups (broad SMARTS) is 1. The molecule has 0 aromatic heterocycles. The fraction of sp³-hybridized carbons (Fsp3) is 0.300. The van der Waals surface area contributed by atoms with Crippen LogP contribution in [-0.2, 0) is 21.0 Å². The molecule has 0 aliphatic carbocycles. The molecule has 1 N–H and O–H groups in total. The van der Waals surface area contributed by atoms with Crippen molar-refractivity contribution in [1.29, 1.82) is 0 Å². The minimum Gasteiger partial charge on any atom is -0.487 e. The van der Waals surface area contributed by atoms with Crippen LogP contribution in [0.25, 0.3) is 0 Å². The number of hydrogen-bond donors (Lipinski definition) is 1. The first-order valence-electron chi connectivity index (χ1n) is 8.65. The molecule has 8 heteroatoms. The second-order valence-corrected chi connectivity index (χ2v) is 6.35. The Balaban J connectivity index is 1.68. The molecule has 6 nitrogen and oxygen atoms in total. The molecule has 2 aromatic rings. The van der Waals surface area contributed by atoms with E-state index in [0.29, 0.717) is 5.71 Å². The molecule has 28 heavy (non-hydrogen) atoms. The lowest BCUT2D eigenvalue weighted by Gasteiger charge is -2.17. The Labute approximate surface area is 160 Å². The molecule has 2 aromatic carbocycles. The summed E-state index contributed by atoms with van der Waals surface area (Å²) < 4.78 is 38.8. The third-order valence-corrected chi connectivity index (χ3v) is 4.26. The zero-order valence-corrected chi connectivity index (χ0v) is 15.1. The predicted octanol–water partition coefficient (Wildman–Crippen LogP) is 3.38. The van der Waals surface area contributed by atoms with Gasteiger partial charge in [-0.3, -0.25) is 0 Å². The number of halogens is 2. The summed E-state index contributed by atoms with van der Waals surface area (Å²) in [5, 5.41) is 12.6. The number of aliphatic carboxylic acids is 1. The number of oxime groups is 1. The Hall–Kier alpha value is -3.00. The molecular weight excluding hydrogens is 372 g/mol. The maximum absolute atomic E-state index is 14.3. The number of rotatable bonds is 8. The molecule has 0 radical (unpaired) electrons. The monoisotopic (exact) mass is 391 g/mol. The van der Waals surface area contributed by atoms with Crippen molar-refractivity contribution in [2.24, 2.45) is 11.1 Å². The molecule has 2 atom stereocenters. The van der Waals surface area contributed by atoms with Gasteiger partial charge in [0.25, 0.3) is 0 Å². The summed E-state index contributed by atoms with van der Waals surface area (Å²) in [6, 6.07) is 11.5. The Morgan fingerprint density at radius 3 is 2.54 bits per heavy atom. The van der Waals surface area contributed by atoms with Crippen LogP contribution < -0.4 is 4.74 Å². The van der Waals surface area contributed by atoms with Gasteiger partial charge in [-0.25, -0.2) is 13.6 Å². The van der Waals surface area contributed by atoms with E-state index in [-0.39, 0.29) is 30.8 Å². The Morgan fingerprint density at radius 2 is 1.89 bits per heavy atom. The SMILES string of the molecule is CC1ON=C(c2ccccc2)C1COc1c(F)cc(COCC(=O)O)cc1F. The van der Waals surface area contributed by atoms with Crippen molar-refractivity contribution in [2.45, 2.75) is 19.6 Å². The van der Waals surface area contributed by atoms with Crippen LogP contribution in [0.2, 0.25) is 0 Å². The van der Waals surface area contributed by atoms with Gasteiger partial charge in [0.2, 0.25) is 0 Å². The Bertz CT molecular complexity index is 849. The molecular formula is C20H19F2NO5. The van der Waals surface area contributed by atoms with Crippen LogP contribution in [0.5, 0.6) is 5.75 Å². The molecule has 0 saturated carbocycles. The summed E-state index contributed by atoms with van der Waals surface area (Å²) in [5.74, 6) is -3.74. The molecule has 3 rings (SSSR count). The van der Waals surface area contributed by atoms with E-state index >= 15 is 0 Å². The van der Waals surface area contributed by atoms with E-state index in [4.69, 9.17) is 19.4 Å². The lowest BCUT2D eigenvalue weighted by Crippen LogP contribution is -2.28. The minimum atomic E-state index is -1.16. The highest BCUT2D eigenvalue weighted by molar-refractivity contribution is 6.03. The molecule has 1 aliphatic heterocycles. The second kappa shape index (κ2) is 8.79. The van der Waals surface area contributed by atoms with Gasteiger partial charge in [0.1, 0.15) is 19.3 Å². The summed E-state index contributed by atoms with van der Waals surface area (Å²) >= 11 is 0. The summed E-state index contributed by atoms with van der Waals surface area (Å²) in [7, 11) is 0. The number of benzene rings is 2. The van der Waals surface area contributed by atoms with Gasteiger partial charge in [-0.05, 0) is 30.2 Å². The number of ether oxygens (including phenoxy) is 2. The van der Waals surface area contributed by atoms with Crippen LogP contribution in [0.4, 0.5) is 8.78 Å². The van der Waals surface area contributed by atoms with Crippen molar-refractivity contribution in [3.8, 4) is 5.75 Å². The van der Waals surface area contributed by atoms with Gasteiger partial charge in [0.15, 0.2) is 17.4 Å². The molecule has 1 heterocycles. The van der Waals surface area contributed by atoms with Crippen LogP contribution in [0, 0.1) is 17.6 Å². The lowest BCUT2D eigenvalue weighted by molar-refractivity contribution is -0.142. The number of hydrogen-bond acceptors (Lipinski definition) is 5. The molecule has 1 aliphatic rings. The van der Waals surface area contributed by atoms with Crippen molar-refractivity contribution in [3.63, 3.8) is 0 Å². The van der Waals surface area contributed by atoms with E-state index in [0.717, 1.165) is 17.7 Å². The molecule has 0 bridgehead atoms. The van der Waals surface area contributed by atoms with Crippen molar-refractivity contribution < 1.29 is 33.0 Å². The van der Waals surface area contributed by atoms with E-state index < -0.39 is 30.0 Å². The van der Waals surface area contributed by atoms with E-state index in [2.05, 4.69) is 5.16 Å². The Kier molecular flexibility index (Phi) is 6.20. The van der Waals surface area contributed by atoms with Crippen LogP contribution in [0.3, 0.4) is 0 Å². The zero-order valence-electron chi connectivity index (χ0n) is 15.1. The smallest absolute Gasteiger partial charge is 0.329 e. The number of carbonyl (C=O) groups is 1. The van der Waals surface area contributed by atoms with Crippen LogP contribution in [-0.4, -0.2) is 36.1 Å². The first-order valence-corrected chi connectivity index (χ1v) is 8.65. The quantitative estimate of drug-likeness (QED) is 0.747. The third kappa shape index (κ3) is 4.64. The third-order valence-electron chi connectivity index (χ3n) is 4.26. The minimum absolute atomic E-state index is 0.0163. The average Bonchev–Trinajstić information content (AvgIpc) is 3.02. The van der Waals surface area contributed by atoms with Gasteiger partial charge in [0, 0.05) is 0 Å². The highest BCUT2D eigenvalue weighted by Gasteiger charge is 2.33. The molecule has 148 valence electrons. The summed E-state index contributed by atoms with van der Waals surface area (Å²) in [5.41, 5.74) is 1.69. The molecule has 2 unspecified atom stereocenters. The highest BCUT2D eigenvalue weighted by Crippen LogP contribution is 2.28. The lowest BCUT2D eigenvalue weighted by atomic mass is 9.94. The maximum Gasteiger partial charge on any atom is 0.329 e. The van der Waals surface area contributed by atoms with Gasteiger partial charge >= 0.3 is 5.97 Å².